The van der Waals surface area contributed by atoms with Crippen LogP contribution in [-0.2, 0) is 11.3 Å². The van der Waals surface area contributed by atoms with E-state index in [0.29, 0.717) is 17.8 Å². The molecule has 2 rings (SSSR count). The Morgan fingerprint density at radius 2 is 1.88 bits per heavy atom. The molecule has 0 spiro atoms. The van der Waals surface area contributed by atoms with E-state index in [1.807, 2.05) is 12.1 Å². The molecule has 0 aliphatic carbocycles. The Morgan fingerprint density at radius 1 is 1.15 bits per heavy atom. The molecule has 1 aromatic carbocycles. The fraction of sp³-hybridized carbons (Fsp3) is 0.316. The summed E-state index contributed by atoms with van der Waals surface area (Å²) < 4.78 is 4.72. The van der Waals surface area contributed by atoms with Gasteiger partial charge in [-0.25, -0.2) is 14.6 Å². The van der Waals surface area contributed by atoms with Crippen molar-refractivity contribution in [1.29, 1.82) is 0 Å². The van der Waals surface area contributed by atoms with Crippen LogP contribution in [0.4, 0.5) is 16.3 Å². The Kier molecular flexibility index (Phi) is 6.96. The Hall–Kier alpha value is -3.09. The summed E-state index contributed by atoms with van der Waals surface area (Å²) in [6.45, 7) is 6.23. The lowest BCUT2D eigenvalue weighted by atomic mass is 10.2. The number of ether oxygens (including phenoxy) is 1. The van der Waals surface area contributed by atoms with Gasteiger partial charge in [0.15, 0.2) is 0 Å². The number of anilines is 2. The van der Waals surface area contributed by atoms with Gasteiger partial charge in [-0.3, -0.25) is 0 Å². The van der Waals surface area contributed by atoms with Gasteiger partial charge in [-0.15, -0.1) is 0 Å². The summed E-state index contributed by atoms with van der Waals surface area (Å²) in [6.07, 6.45) is 1.73. The van der Waals surface area contributed by atoms with Gasteiger partial charge >= 0.3 is 12.0 Å². The molecule has 0 aliphatic heterocycles. The normalized spacial score (nSPS) is 10.1. The molecule has 0 radical (unpaired) electrons. The number of nitrogens with zero attached hydrogens (tertiary/aromatic N) is 2. The van der Waals surface area contributed by atoms with Crippen molar-refractivity contribution in [1.82, 2.24) is 10.3 Å². The minimum atomic E-state index is -0.501. The van der Waals surface area contributed by atoms with E-state index < -0.39 is 12.0 Å². The van der Waals surface area contributed by atoms with Crippen LogP contribution in [0.2, 0.25) is 0 Å². The van der Waals surface area contributed by atoms with Gasteiger partial charge in [0.25, 0.3) is 0 Å². The zero-order valence-electron chi connectivity index (χ0n) is 15.3. The number of carbonyl (C=O) groups excluding carboxylic acids is 2. The first-order valence-electron chi connectivity index (χ1n) is 8.51. The number of hydrogen-bond acceptors (Lipinski definition) is 5. The molecule has 2 amide bonds. The number of pyridine rings is 1. The molecule has 0 saturated heterocycles. The number of hydrogen-bond donors (Lipinski definition) is 2. The summed E-state index contributed by atoms with van der Waals surface area (Å²) in [4.78, 5) is 30.4. The van der Waals surface area contributed by atoms with Crippen LogP contribution < -0.4 is 15.5 Å². The van der Waals surface area contributed by atoms with Crippen molar-refractivity contribution in [2.24, 2.45) is 0 Å². The molecule has 2 N–H and O–H groups in total. The van der Waals surface area contributed by atoms with Gasteiger partial charge in [-0.1, -0.05) is 12.1 Å². The zero-order valence-corrected chi connectivity index (χ0v) is 15.3. The Morgan fingerprint density at radius 3 is 2.58 bits per heavy atom. The number of methoxy groups -OCH3 is 1. The molecule has 0 aliphatic rings. The van der Waals surface area contributed by atoms with Gasteiger partial charge < -0.3 is 20.3 Å². The van der Waals surface area contributed by atoms with E-state index in [-0.39, 0.29) is 0 Å². The van der Waals surface area contributed by atoms with Gasteiger partial charge in [-0.2, -0.15) is 0 Å². The number of nitrogens with one attached hydrogen (secondary N) is 2. The van der Waals surface area contributed by atoms with Crippen LogP contribution in [0.1, 0.15) is 29.8 Å². The third-order valence-corrected chi connectivity index (χ3v) is 3.93. The minimum Gasteiger partial charge on any atom is -0.465 e. The molecule has 2 aromatic rings. The van der Waals surface area contributed by atoms with E-state index in [0.717, 1.165) is 24.5 Å². The van der Waals surface area contributed by atoms with Crippen LogP contribution in [0.3, 0.4) is 0 Å². The summed E-state index contributed by atoms with van der Waals surface area (Å²) in [5.41, 5.74) is 1.64. The maximum atomic E-state index is 12.2. The molecule has 1 aromatic heterocycles. The van der Waals surface area contributed by atoms with Crippen LogP contribution in [0.15, 0.2) is 42.6 Å². The molecule has 0 atom stereocenters. The maximum absolute atomic E-state index is 12.2. The van der Waals surface area contributed by atoms with Crippen molar-refractivity contribution < 1.29 is 14.3 Å². The standard InChI is InChI=1S/C19H24N4O3/c1-4-23(5-2)17-12-14(10-11-20-17)13-21-19(25)22-16-9-7-6-8-15(16)18(24)26-3/h6-12H,4-5,13H2,1-3H3,(H2,21,22,25). The first-order valence-corrected chi connectivity index (χ1v) is 8.51. The van der Waals surface area contributed by atoms with Gasteiger partial charge in [0.1, 0.15) is 5.82 Å². The summed E-state index contributed by atoms with van der Waals surface area (Å²) in [6, 6.07) is 10.1. The van der Waals surface area contributed by atoms with Crippen molar-refractivity contribution in [3.8, 4) is 0 Å². The molecular formula is C19H24N4O3. The average molecular weight is 356 g/mol. The van der Waals surface area contributed by atoms with Crippen LogP contribution in [0, 0.1) is 0 Å². The fourth-order valence-corrected chi connectivity index (χ4v) is 2.52. The SMILES string of the molecule is CCN(CC)c1cc(CNC(=O)Nc2ccccc2C(=O)OC)ccn1. The topological polar surface area (TPSA) is 83.6 Å². The monoisotopic (exact) mass is 356 g/mol. The number of benzene rings is 1. The third-order valence-electron chi connectivity index (χ3n) is 3.93. The predicted molar refractivity (Wildman–Crippen MR) is 101 cm³/mol. The number of esters is 1. The minimum absolute atomic E-state index is 0.304. The molecule has 7 nitrogen and oxygen atoms in total. The van der Waals surface area contributed by atoms with E-state index >= 15 is 0 Å². The zero-order chi connectivity index (χ0) is 18.9. The van der Waals surface area contributed by atoms with Crippen molar-refractivity contribution in [3.63, 3.8) is 0 Å². The molecule has 7 heteroatoms. The highest BCUT2D eigenvalue weighted by Crippen LogP contribution is 2.16. The highest BCUT2D eigenvalue weighted by atomic mass is 16.5. The van der Waals surface area contributed by atoms with Crippen molar-refractivity contribution in [2.75, 3.05) is 30.4 Å². The smallest absolute Gasteiger partial charge is 0.339 e. The lowest BCUT2D eigenvalue weighted by Crippen LogP contribution is -2.29. The highest BCUT2D eigenvalue weighted by molar-refractivity contribution is 6.00. The van der Waals surface area contributed by atoms with Gasteiger partial charge in [0.2, 0.25) is 0 Å². The second-order valence-electron chi connectivity index (χ2n) is 5.54. The fourth-order valence-electron chi connectivity index (χ4n) is 2.52. The number of para-hydroxylation sites is 1. The molecule has 1 heterocycles. The van der Waals surface area contributed by atoms with Crippen LogP contribution in [0.5, 0.6) is 0 Å². The van der Waals surface area contributed by atoms with E-state index in [9.17, 15) is 9.59 Å². The molecule has 0 unspecified atom stereocenters. The first-order chi connectivity index (χ1) is 12.6. The first kappa shape index (κ1) is 19.2. The van der Waals surface area contributed by atoms with E-state index in [4.69, 9.17) is 4.74 Å². The molecular weight excluding hydrogens is 332 g/mol. The Labute approximate surface area is 153 Å². The largest absolute Gasteiger partial charge is 0.465 e. The molecule has 0 fully saturated rings. The quantitative estimate of drug-likeness (QED) is 0.745. The van der Waals surface area contributed by atoms with Crippen molar-refractivity contribution in [2.45, 2.75) is 20.4 Å². The number of urea groups is 1. The highest BCUT2D eigenvalue weighted by Gasteiger charge is 2.13. The average Bonchev–Trinajstić information content (AvgIpc) is 2.67. The molecule has 0 saturated carbocycles. The van der Waals surface area contributed by atoms with Crippen molar-refractivity contribution in [3.05, 3.63) is 53.7 Å². The summed E-state index contributed by atoms with van der Waals surface area (Å²) in [5.74, 6) is 0.379. The van der Waals surface area contributed by atoms with Gasteiger partial charge in [0.05, 0.1) is 18.4 Å². The Balaban J connectivity index is 2.00. The second kappa shape index (κ2) is 9.41. The van der Waals surface area contributed by atoms with Gasteiger partial charge in [-0.05, 0) is 43.7 Å². The molecule has 138 valence electrons. The van der Waals surface area contributed by atoms with Crippen LogP contribution in [0.25, 0.3) is 0 Å². The molecule has 0 bridgehead atoms. The maximum Gasteiger partial charge on any atom is 0.339 e. The number of aromatic nitrogens is 1. The number of rotatable bonds is 7. The summed E-state index contributed by atoms with van der Waals surface area (Å²) in [5, 5.41) is 5.46. The lowest BCUT2D eigenvalue weighted by Gasteiger charge is -2.20. The van der Waals surface area contributed by atoms with Crippen molar-refractivity contribution >= 4 is 23.5 Å². The van der Waals surface area contributed by atoms with Crippen LogP contribution >= 0.6 is 0 Å². The van der Waals surface area contributed by atoms with E-state index in [1.165, 1.54) is 7.11 Å². The number of carbonyl (C=O) groups is 2. The summed E-state index contributed by atoms with van der Waals surface area (Å²) in [7, 11) is 1.30. The number of amides is 2. The Bertz CT molecular complexity index is 760. The van der Waals surface area contributed by atoms with E-state index in [1.54, 1.807) is 30.5 Å². The van der Waals surface area contributed by atoms with Crippen LogP contribution in [-0.4, -0.2) is 37.2 Å². The van der Waals surface area contributed by atoms with E-state index in [2.05, 4.69) is 34.4 Å². The van der Waals surface area contributed by atoms with Gasteiger partial charge in [0, 0.05) is 25.8 Å². The molecule has 26 heavy (non-hydrogen) atoms. The second-order valence-corrected chi connectivity index (χ2v) is 5.54. The lowest BCUT2D eigenvalue weighted by molar-refractivity contribution is 0.0602. The predicted octanol–water partition coefficient (Wildman–Crippen LogP) is 3.04. The summed E-state index contributed by atoms with van der Waals surface area (Å²) >= 11 is 0. The third kappa shape index (κ3) is 4.95.